The first-order valence-electron chi connectivity index (χ1n) is 4.13. The molecule has 2 heterocycles. The van der Waals surface area contributed by atoms with Crippen LogP contribution in [0.5, 0.6) is 0 Å². The lowest BCUT2D eigenvalue weighted by Gasteiger charge is -2.36. The molecule has 0 unspecified atom stereocenters. The van der Waals surface area contributed by atoms with Crippen molar-refractivity contribution in [3.63, 3.8) is 0 Å². The van der Waals surface area contributed by atoms with Crippen LogP contribution in [0, 0.1) is 6.92 Å². The van der Waals surface area contributed by atoms with E-state index in [1.807, 2.05) is 6.92 Å². The smallest absolute Gasteiger partial charge is 0.0897 e. The first-order chi connectivity index (χ1) is 5.74. The molecule has 0 amide bonds. The molecular weight excluding hydrogens is 170 g/mol. The summed E-state index contributed by atoms with van der Waals surface area (Å²) in [6.45, 7) is 5.06. The highest BCUT2D eigenvalue weighted by molar-refractivity contribution is 7.09. The molecular formula is C8H13N3S. The van der Waals surface area contributed by atoms with Gasteiger partial charge in [-0.25, -0.2) is 4.98 Å². The van der Waals surface area contributed by atoms with Gasteiger partial charge >= 0.3 is 0 Å². The standard InChI is InChI=1S/C8H13N3S/c1-6-10-8(5-12-6)4-11-2-7(9)3-11/h5,7H,2-4,9H2,1H3. The summed E-state index contributed by atoms with van der Waals surface area (Å²) in [5.41, 5.74) is 6.85. The van der Waals surface area contributed by atoms with Gasteiger partial charge in [0.1, 0.15) is 0 Å². The summed E-state index contributed by atoms with van der Waals surface area (Å²) in [4.78, 5) is 6.71. The topological polar surface area (TPSA) is 42.2 Å². The lowest BCUT2D eigenvalue weighted by atomic mass is 10.1. The van der Waals surface area contributed by atoms with E-state index in [-0.39, 0.29) is 0 Å². The van der Waals surface area contributed by atoms with Crippen LogP contribution in [-0.2, 0) is 6.54 Å². The van der Waals surface area contributed by atoms with E-state index in [1.54, 1.807) is 11.3 Å². The van der Waals surface area contributed by atoms with E-state index in [1.165, 1.54) is 5.69 Å². The maximum absolute atomic E-state index is 5.67. The van der Waals surface area contributed by atoms with E-state index in [9.17, 15) is 0 Å². The summed E-state index contributed by atoms with van der Waals surface area (Å²) < 4.78 is 0. The number of likely N-dealkylation sites (tertiary alicyclic amines) is 1. The number of nitrogens with zero attached hydrogens (tertiary/aromatic N) is 2. The van der Waals surface area contributed by atoms with Crippen molar-refractivity contribution in [3.05, 3.63) is 16.1 Å². The molecule has 1 aromatic heterocycles. The monoisotopic (exact) mass is 183 g/mol. The van der Waals surface area contributed by atoms with Gasteiger partial charge in [0.15, 0.2) is 0 Å². The minimum absolute atomic E-state index is 0.393. The fraction of sp³-hybridized carbons (Fsp3) is 0.625. The maximum Gasteiger partial charge on any atom is 0.0897 e. The molecule has 1 saturated heterocycles. The summed E-state index contributed by atoms with van der Waals surface area (Å²) in [6, 6.07) is 0.393. The molecule has 2 N–H and O–H groups in total. The van der Waals surface area contributed by atoms with Gasteiger partial charge in [-0.3, -0.25) is 4.90 Å². The van der Waals surface area contributed by atoms with E-state index in [2.05, 4.69) is 15.3 Å². The normalized spacial score (nSPS) is 19.5. The van der Waals surface area contributed by atoms with Crippen LogP contribution in [0.15, 0.2) is 5.38 Å². The molecule has 0 bridgehead atoms. The molecule has 0 aromatic carbocycles. The lowest BCUT2D eigenvalue weighted by molar-refractivity contribution is 0.141. The van der Waals surface area contributed by atoms with Crippen LogP contribution >= 0.6 is 11.3 Å². The fourth-order valence-corrected chi connectivity index (χ4v) is 2.05. The first kappa shape index (κ1) is 8.16. The second kappa shape index (κ2) is 3.12. The molecule has 2 rings (SSSR count). The van der Waals surface area contributed by atoms with Gasteiger partial charge in [0.2, 0.25) is 0 Å². The van der Waals surface area contributed by atoms with Crippen LogP contribution < -0.4 is 5.73 Å². The van der Waals surface area contributed by atoms with Gasteiger partial charge in [-0.1, -0.05) is 0 Å². The Labute approximate surface area is 76.2 Å². The quantitative estimate of drug-likeness (QED) is 0.730. The highest BCUT2D eigenvalue weighted by Crippen LogP contribution is 2.13. The SMILES string of the molecule is Cc1nc(CN2CC(N)C2)cs1. The van der Waals surface area contributed by atoms with Crippen LogP contribution in [0.25, 0.3) is 0 Å². The number of aryl methyl sites for hydroxylation is 1. The molecule has 3 nitrogen and oxygen atoms in total. The van der Waals surface area contributed by atoms with Crippen LogP contribution in [0.3, 0.4) is 0 Å². The maximum atomic E-state index is 5.67. The zero-order chi connectivity index (χ0) is 8.55. The highest BCUT2D eigenvalue weighted by Gasteiger charge is 2.23. The van der Waals surface area contributed by atoms with Gasteiger partial charge in [-0.2, -0.15) is 0 Å². The molecule has 0 atom stereocenters. The Morgan fingerprint density at radius 3 is 3.00 bits per heavy atom. The van der Waals surface area contributed by atoms with E-state index in [4.69, 9.17) is 5.73 Å². The first-order valence-corrected chi connectivity index (χ1v) is 5.01. The number of rotatable bonds is 2. The average molecular weight is 183 g/mol. The van der Waals surface area contributed by atoms with E-state index in [0.29, 0.717) is 6.04 Å². The molecule has 0 spiro atoms. The average Bonchev–Trinajstić information content (AvgIpc) is 2.33. The van der Waals surface area contributed by atoms with Crippen molar-refractivity contribution < 1.29 is 0 Å². The Kier molecular flexibility index (Phi) is 2.12. The van der Waals surface area contributed by atoms with Crippen molar-refractivity contribution in [1.29, 1.82) is 0 Å². The van der Waals surface area contributed by atoms with Crippen molar-refractivity contribution in [2.24, 2.45) is 5.73 Å². The Morgan fingerprint density at radius 1 is 1.75 bits per heavy atom. The van der Waals surface area contributed by atoms with Crippen molar-refractivity contribution >= 4 is 11.3 Å². The van der Waals surface area contributed by atoms with Crippen LogP contribution in [0.2, 0.25) is 0 Å². The molecule has 12 heavy (non-hydrogen) atoms. The lowest BCUT2D eigenvalue weighted by Crippen LogP contribution is -2.54. The largest absolute Gasteiger partial charge is 0.325 e. The van der Waals surface area contributed by atoms with E-state index < -0.39 is 0 Å². The number of aromatic nitrogens is 1. The Hall–Kier alpha value is -0.450. The summed E-state index contributed by atoms with van der Waals surface area (Å²) in [6.07, 6.45) is 0. The second-order valence-corrected chi connectivity index (χ2v) is 4.37. The number of thiazole rings is 1. The molecule has 4 heteroatoms. The minimum atomic E-state index is 0.393. The van der Waals surface area contributed by atoms with Crippen molar-refractivity contribution in [1.82, 2.24) is 9.88 Å². The summed E-state index contributed by atoms with van der Waals surface area (Å²) in [5.74, 6) is 0. The van der Waals surface area contributed by atoms with Crippen LogP contribution in [-0.4, -0.2) is 29.0 Å². The molecule has 0 radical (unpaired) electrons. The van der Waals surface area contributed by atoms with Gasteiger partial charge < -0.3 is 5.73 Å². The fourth-order valence-electron chi connectivity index (χ4n) is 1.45. The molecule has 1 aromatic rings. The summed E-state index contributed by atoms with van der Waals surface area (Å²) in [5, 5.41) is 3.27. The third-order valence-electron chi connectivity index (χ3n) is 2.04. The molecule has 0 aliphatic carbocycles. The number of nitrogens with two attached hydrogens (primary N) is 1. The minimum Gasteiger partial charge on any atom is -0.325 e. The number of hydrogen-bond acceptors (Lipinski definition) is 4. The van der Waals surface area contributed by atoms with Gasteiger partial charge in [0, 0.05) is 31.1 Å². The van der Waals surface area contributed by atoms with Crippen LogP contribution in [0.4, 0.5) is 0 Å². The molecule has 0 saturated carbocycles. The van der Waals surface area contributed by atoms with Crippen molar-refractivity contribution in [2.45, 2.75) is 19.5 Å². The second-order valence-electron chi connectivity index (χ2n) is 3.31. The van der Waals surface area contributed by atoms with Gasteiger partial charge in [0.25, 0.3) is 0 Å². The highest BCUT2D eigenvalue weighted by atomic mass is 32.1. The zero-order valence-corrected chi connectivity index (χ0v) is 7.97. The van der Waals surface area contributed by atoms with Gasteiger partial charge in [-0.15, -0.1) is 11.3 Å². The third kappa shape index (κ3) is 1.65. The van der Waals surface area contributed by atoms with Gasteiger partial charge in [-0.05, 0) is 6.92 Å². The summed E-state index contributed by atoms with van der Waals surface area (Å²) >= 11 is 1.71. The Bertz CT molecular complexity index is 265. The summed E-state index contributed by atoms with van der Waals surface area (Å²) in [7, 11) is 0. The van der Waals surface area contributed by atoms with Crippen molar-refractivity contribution in [3.8, 4) is 0 Å². The van der Waals surface area contributed by atoms with Crippen LogP contribution in [0.1, 0.15) is 10.7 Å². The van der Waals surface area contributed by atoms with E-state index >= 15 is 0 Å². The van der Waals surface area contributed by atoms with Crippen molar-refractivity contribution in [2.75, 3.05) is 13.1 Å². The molecule has 1 aliphatic heterocycles. The van der Waals surface area contributed by atoms with E-state index in [0.717, 1.165) is 24.6 Å². The molecule has 1 fully saturated rings. The predicted octanol–water partition coefficient (Wildman–Crippen LogP) is 0.594. The Balaban J connectivity index is 1.88. The third-order valence-corrected chi connectivity index (χ3v) is 2.86. The number of hydrogen-bond donors (Lipinski definition) is 1. The van der Waals surface area contributed by atoms with Gasteiger partial charge in [0.05, 0.1) is 10.7 Å². The molecule has 1 aliphatic rings. The predicted molar refractivity (Wildman–Crippen MR) is 50.1 cm³/mol. The Morgan fingerprint density at radius 2 is 2.50 bits per heavy atom. The zero-order valence-electron chi connectivity index (χ0n) is 7.16. The molecule has 66 valence electrons.